The Labute approximate surface area is 117 Å². The van der Waals surface area contributed by atoms with Gasteiger partial charge in [0.15, 0.2) is 0 Å². The van der Waals surface area contributed by atoms with E-state index in [4.69, 9.17) is 0 Å². The van der Waals surface area contributed by atoms with E-state index in [-0.39, 0.29) is 0 Å². The summed E-state index contributed by atoms with van der Waals surface area (Å²) in [5, 5.41) is 37.5. The summed E-state index contributed by atoms with van der Waals surface area (Å²) < 4.78 is 0. The molecular weight excluding hydrogens is 244 g/mol. The normalized spacial score (nSPS) is 14.1. The summed E-state index contributed by atoms with van der Waals surface area (Å²) in [6, 6.07) is 0. The fourth-order valence-corrected chi connectivity index (χ4v) is 2.19. The van der Waals surface area contributed by atoms with E-state index in [9.17, 15) is 20.4 Å². The summed E-state index contributed by atoms with van der Waals surface area (Å²) in [6.07, 6.45) is 6.50. The highest BCUT2D eigenvalue weighted by molar-refractivity contribution is 4.84. The molecule has 0 aromatic heterocycles. The summed E-state index contributed by atoms with van der Waals surface area (Å²) in [5.41, 5.74) is -1.16. The number of rotatable bonds is 12. The molecule has 116 valence electrons. The van der Waals surface area contributed by atoms with Gasteiger partial charge < -0.3 is 20.4 Å². The van der Waals surface area contributed by atoms with Crippen molar-refractivity contribution >= 4 is 0 Å². The molecule has 1 unspecified atom stereocenters. The van der Waals surface area contributed by atoms with Crippen LogP contribution in [0.4, 0.5) is 0 Å². The van der Waals surface area contributed by atoms with Crippen molar-refractivity contribution in [1.29, 1.82) is 0 Å². The smallest absolute Gasteiger partial charge is 0.0662 e. The van der Waals surface area contributed by atoms with Crippen LogP contribution in [0.15, 0.2) is 0 Å². The van der Waals surface area contributed by atoms with Gasteiger partial charge >= 0.3 is 0 Å². The Kier molecular flexibility index (Phi) is 10.5. The molecule has 0 spiro atoms. The van der Waals surface area contributed by atoms with E-state index >= 15 is 0 Å². The molecule has 0 radical (unpaired) electrons. The predicted molar refractivity (Wildman–Crippen MR) is 76.9 cm³/mol. The first-order valence-corrected chi connectivity index (χ1v) is 7.53. The minimum absolute atomic E-state index is 0.393. The van der Waals surface area contributed by atoms with Gasteiger partial charge in [-0.1, -0.05) is 52.4 Å². The fraction of sp³-hybridized carbons (Fsp3) is 1.00. The average molecular weight is 276 g/mol. The van der Waals surface area contributed by atoms with Crippen molar-refractivity contribution in [2.75, 3.05) is 19.8 Å². The second-order valence-electron chi connectivity index (χ2n) is 6.09. The maximum atomic E-state index is 9.95. The molecule has 0 rings (SSSR count). The quantitative estimate of drug-likeness (QED) is 0.409. The van der Waals surface area contributed by atoms with E-state index in [0.29, 0.717) is 6.42 Å². The Morgan fingerprint density at radius 2 is 1.16 bits per heavy atom. The summed E-state index contributed by atoms with van der Waals surface area (Å²) in [5.74, 6) is 0.765. The van der Waals surface area contributed by atoms with E-state index in [1.165, 1.54) is 19.3 Å². The molecule has 0 aliphatic carbocycles. The molecule has 0 fully saturated rings. The van der Waals surface area contributed by atoms with E-state index in [0.717, 1.165) is 25.2 Å². The van der Waals surface area contributed by atoms with Crippen molar-refractivity contribution in [3.63, 3.8) is 0 Å². The van der Waals surface area contributed by atoms with Crippen LogP contribution in [-0.2, 0) is 0 Å². The Morgan fingerprint density at radius 1 is 0.737 bits per heavy atom. The first kappa shape index (κ1) is 18.8. The molecule has 0 amide bonds. The topological polar surface area (TPSA) is 80.9 Å². The van der Waals surface area contributed by atoms with Gasteiger partial charge in [0.2, 0.25) is 0 Å². The molecule has 4 N–H and O–H groups in total. The minimum atomic E-state index is -1.16. The van der Waals surface area contributed by atoms with Crippen molar-refractivity contribution < 1.29 is 20.4 Å². The van der Waals surface area contributed by atoms with E-state index in [2.05, 4.69) is 13.8 Å². The van der Waals surface area contributed by atoms with Gasteiger partial charge in [-0.3, -0.25) is 0 Å². The van der Waals surface area contributed by atoms with Gasteiger partial charge in [0, 0.05) is 0 Å². The van der Waals surface area contributed by atoms with Crippen molar-refractivity contribution in [2.45, 2.75) is 64.9 Å². The van der Waals surface area contributed by atoms with E-state index in [1.54, 1.807) is 0 Å². The lowest BCUT2D eigenvalue weighted by atomic mass is 9.82. The first-order valence-electron chi connectivity index (χ1n) is 7.53. The van der Waals surface area contributed by atoms with Crippen molar-refractivity contribution in [2.24, 2.45) is 11.3 Å². The molecule has 1 atom stereocenters. The zero-order chi connectivity index (χ0) is 14.7. The summed E-state index contributed by atoms with van der Waals surface area (Å²) in [7, 11) is 0. The van der Waals surface area contributed by atoms with Gasteiger partial charge in [-0.05, 0) is 12.3 Å². The maximum Gasteiger partial charge on any atom is 0.0662 e. The van der Waals surface area contributed by atoms with Crippen LogP contribution in [0.5, 0.6) is 0 Å². The molecule has 19 heavy (non-hydrogen) atoms. The highest BCUT2D eigenvalue weighted by atomic mass is 16.3. The number of unbranched alkanes of at least 4 members (excludes halogenated alkanes) is 4. The van der Waals surface area contributed by atoms with Gasteiger partial charge in [-0.2, -0.15) is 0 Å². The molecule has 0 aromatic rings. The van der Waals surface area contributed by atoms with Crippen molar-refractivity contribution in [3.05, 3.63) is 0 Å². The molecule has 4 nitrogen and oxygen atoms in total. The largest absolute Gasteiger partial charge is 0.396 e. The summed E-state index contributed by atoms with van der Waals surface area (Å²) in [6.45, 7) is 3.28. The summed E-state index contributed by atoms with van der Waals surface area (Å²) in [4.78, 5) is 0. The molecule has 0 bridgehead atoms. The van der Waals surface area contributed by atoms with Gasteiger partial charge in [-0.25, -0.2) is 0 Å². The zero-order valence-corrected chi connectivity index (χ0v) is 12.5. The van der Waals surface area contributed by atoms with Crippen LogP contribution in [0.3, 0.4) is 0 Å². The van der Waals surface area contributed by atoms with Crippen LogP contribution in [-0.4, -0.2) is 46.4 Å². The van der Waals surface area contributed by atoms with Crippen molar-refractivity contribution in [3.8, 4) is 0 Å². The Hall–Kier alpha value is -0.160. The molecule has 4 heteroatoms. The highest BCUT2D eigenvalue weighted by Gasteiger charge is 2.35. The van der Waals surface area contributed by atoms with Crippen LogP contribution < -0.4 is 0 Å². The number of hydrogen-bond donors (Lipinski definition) is 4. The third-order valence-electron chi connectivity index (χ3n) is 3.91. The van der Waals surface area contributed by atoms with Crippen molar-refractivity contribution in [1.82, 2.24) is 0 Å². The van der Waals surface area contributed by atoms with Gasteiger partial charge in [0.25, 0.3) is 0 Å². The third-order valence-corrected chi connectivity index (χ3v) is 3.91. The first-order chi connectivity index (χ1) is 9.02. The Morgan fingerprint density at radius 3 is 1.58 bits per heavy atom. The standard InChI is InChI=1S/C15H32O4/c1-13(2)8-6-4-3-5-7-9-14(19)15(10-16,11-17)12-18/h13-14,16-19H,3-12H2,1-2H3. The van der Waals surface area contributed by atoms with Crippen LogP contribution in [0.25, 0.3) is 0 Å². The number of aliphatic hydroxyl groups excluding tert-OH is 4. The average Bonchev–Trinajstić information content (AvgIpc) is 2.40. The lowest BCUT2D eigenvalue weighted by Crippen LogP contribution is -2.45. The molecular formula is C15H32O4. The molecule has 0 aliphatic rings. The molecule has 0 saturated carbocycles. The molecule has 0 heterocycles. The van der Waals surface area contributed by atoms with E-state index in [1.807, 2.05) is 0 Å². The second-order valence-corrected chi connectivity index (χ2v) is 6.09. The molecule has 0 aromatic carbocycles. The maximum absolute atomic E-state index is 9.95. The van der Waals surface area contributed by atoms with Gasteiger partial charge in [0.1, 0.15) is 0 Å². The zero-order valence-electron chi connectivity index (χ0n) is 12.5. The van der Waals surface area contributed by atoms with Gasteiger partial charge in [-0.15, -0.1) is 0 Å². The SMILES string of the molecule is CC(C)CCCCCCCC(O)C(CO)(CO)CO. The predicted octanol–water partition coefficient (Wildman–Crippen LogP) is 1.70. The molecule has 0 saturated heterocycles. The number of hydrogen-bond acceptors (Lipinski definition) is 4. The number of aliphatic hydroxyl groups is 4. The lowest BCUT2D eigenvalue weighted by molar-refractivity contribution is -0.0863. The monoisotopic (exact) mass is 276 g/mol. The van der Waals surface area contributed by atoms with Crippen LogP contribution in [0.2, 0.25) is 0 Å². The summed E-state index contributed by atoms with van der Waals surface area (Å²) >= 11 is 0. The highest BCUT2D eigenvalue weighted by Crippen LogP contribution is 2.24. The van der Waals surface area contributed by atoms with Gasteiger partial charge in [0.05, 0.1) is 31.3 Å². The Bertz CT molecular complexity index is 194. The fourth-order valence-electron chi connectivity index (χ4n) is 2.19. The second kappa shape index (κ2) is 10.6. The van der Waals surface area contributed by atoms with Crippen LogP contribution in [0, 0.1) is 11.3 Å². The Balaban J connectivity index is 3.70. The minimum Gasteiger partial charge on any atom is -0.396 e. The molecule has 0 aliphatic heterocycles. The third kappa shape index (κ3) is 7.25. The van der Waals surface area contributed by atoms with Crippen LogP contribution >= 0.6 is 0 Å². The lowest BCUT2D eigenvalue weighted by Gasteiger charge is -2.32. The van der Waals surface area contributed by atoms with E-state index < -0.39 is 31.3 Å². The van der Waals surface area contributed by atoms with Crippen LogP contribution in [0.1, 0.15) is 58.8 Å².